The fraction of sp³-hybridized carbons (Fsp3) is 0.320. The number of rotatable bonds is 6. The van der Waals surface area contributed by atoms with E-state index >= 15 is 0 Å². The van der Waals surface area contributed by atoms with Crippen molar-refractivity contribution in [2.24, 2.45) is 11.7 Å². The number of anilines is 1. The number of aromatic nitrogens is 4. The lowest BCUT2D eigenvalue weighted by Crippen LogP contribution is -2.21. The predicted molar refractivity (Wildman–Crippen MR) is 125 cm³/mol. The first kappa shape index (κ1) is 20.5. The van der Waals surface area contributed by atoms with Crippen LogP contribution in [0.2, 0.25) is 0 Å². The van der Waals surface area contributed by atoms with Crippen LogP contribution in [0.25, 0.3) is 16.8 Å². The van der Waals surface area contributed by atoms with E-state index in [9.17, 15) is 0 Å². The second-order valence-electron chi connectivity index (χ2n) is 8.48. The third-order valence-electron chi connectivity index (χ3n) is 6.39. The van der Waals surface area contributed by atoms with Crippen molar-refractivity contribution in [2.75, 3.05) is 12.3 Å². The minimum Gasteiger partial charge on any atom is -0.489 e. The molecular formula is C25H28N6O. The number of benzene rings is 2. The van der Waals surface area contributed by atoms with Gasteiger partial charge in [0.15, 0.2) is 5.82 Å². The fourth-order valence-corrected chi connectivity index (χ4v) is 4.57. The van der Waals surface area contributed by atoms with Crippen LogP contribution in [0.3, 0.4) is 0 Å². The van der Waals surface area contributed by atoms with Crippen molar-refractivity contribution >= 4 is 11.3 Å². The van der Waals surface area contributed by atoms with Crippen molar-refractivity contribution in [1.82, 2.24) is 19.6 Å². The minimum atomic E-state index is 0.339. The van der Waals surface area contributed by atoms with Crippen LogP contribution in [0.15, 0.2) is 60.9 Å². The summed E-state index contributed by atoms with van der Waals surface area (Å²) in [5.74, 6) is 3.11. The molecule has 0 unspecified atom stereocenters. The number of ether oxygens (including phenoxy) is 1. The topological polar surface area (TPSA) is 104 Å². The van der Waals surface area contributed by atoms with Crippen molar-refractivity contribution in [2.45, 2.75) is 38.2 Å². The second kappa shape index (κ2) is 8.96. The Morgan fingerprint density at radius 1 is 1.00 bits per heavy atom. The first-order chi connectivity index (χ1) is 15.7. The number of nitrogens with zero attached hydrogens (tertiary/aromatic N) is 4. The van der Waals surface area contributed by atoms with E-state index in [1.54, 1.807) is 0 Å². The standard InChI is InChI=1S/C25H28N6O/c26-14-17-9-11-19(12-10-17)25-30-22(23-24(27)28-16-29-31(23)25)20-7-4-8-21(13-20)32-15-18-5-2-1-3-6-18/h1-8,13,16-17,19H,9-12,14-15,26H2,(H2,27,28,29). The van der Waals surface area contributed by atoms with E-state index in [0.717, 1.165) is 66.1 Å². The maximum absolute atomic E-state index is 6.29. The number of nitrogens with two attached hydrogens (primary N) is 2. The maximum Gasteiger partial charge on any atom is 0.153 e. The lowest BCUT2D eigenvalue weighted by Gasteiger charge is -2.26. The Bertz CT molecular complexity index is 1200. The Kier molecular flexibility index (Phi) is 5.73. The van der Waals surface area contributed by atoms with Crippen molar-refractivity contribution < 1.29 is 4.74 Å². The summed E-state index contributed by atoms with van der Waals surface area (Å²) >= 11 is 0. The number of imidazole rings is 1. The molecule has 2 heterocycles. The lowest BCUT2D eigenvalue weighted by atomic mass is 9.82. The van der Waals surface area contributed by atoms with Gasteiger partial charge in [0, 0.05) is 11.5 Å². The van der Waals surface area contributed by atoms with Crippen molar-refractivity contribution in [3.63, 3.8) is 0 Å². The van der Waals surface area contributed by atoms with Gasteiger partial charge in [-0.15, -0.1) is 0 Å². The van der Waals surface area contributed by atoms with Gasteiger partial charge in [0.05, 0.1) is 0 Å². The van der Waals surface area contributed by atoms with Crippen LogP contribution in [0, 0.1) is 5.92 Å². The summed E-state index contributed by atoms with van der Waals surface area (Å²) in [5.41, 5.74) is 15.8. The zero-order valence-corrected chi connectivity index (χ0v) is 18.0. The first-order valence-electron chi connectivity index (χ1n) is 11.2. The molecule has 0 amide bonds. The molecule has 7 heteroatoms. The summed E-state index contributed by atoms with van der Waals surface area (Å²) in [6, 6.07) is 18.1. The molecule has 2 aromatic carbocycles. The Hall–Kier alpha value is -3.45. The molecule has 1 aliphatic rings. The molecular weight excluding hydrogens is 400 g/mol. The van der Waals surface area contributed by atoms with Gasteiger partial charge in [-0.1, -0.05) is 42.5 Å². The first-order valence-corrected chi connectivity index (χ1v) is 11.2. The minimum absolute atomic E-state index is 0.339. The Balaban J connectivity index is 1.48. The molecule has 7 nitrogen and oxygen atoms in total. The Morgan fingerprint density at radius 2 is 1.81 bits per heavy atom. The molecule has 4 aromatic rings. The smallest absolute Gasteiger partial charge is 0.153 e. The second-order valence-corrected chi connectivity index (χ2v) is 8.48. The van der Waals surface area contributed by atoms with E-state index in [-0.39, 0.29) is 0 Å². The summed E-state index contributed by atoms with van der Waals surface area (Å²) < 4.78 is 7.91. The van der Waals surface area contributed by atoms with Crippen LogP contribution < -0.4 is 16.2 Å². The van der Waals surface area contributed by atoms with E-state index in [2.05, 4.69) is 22.2 Å². The van der Waals surface area contributed by atoms with Gasteiger partial charge < -0.3 is 16.2 Å². The highest BCUT2D eigenvalue weighted by atomic mass is 16.5. The molecule has 4 N–H and O–H groups in total. The van der Waals surface area contributed by atoms with Gasteiger partial charge in [0.1, 0.15) is 35.7 Å². The Labute approximate surface area is 187 Å². The number of nitrogen functional groups attached to an aromatic ring is 1. The van der Waals surface area contributed by atoms with E-state index in [0.29, 0.717) is 24.3 Å². The van der Waals surface area contributed by atoms with Crippen LogP contribution in [-0.2, 0) is 6.61 Å². The zero-order valence-electron chi connectivity index (χ0n) is 18.0. The molecule has 164 valence electrons. The van der Waals surface area contributed by atoms with E-state index < -0.39 is 0 Å². The van der Waals surface area contributed by atoms with Gasteiger partial charge in [-0.3, -0.25) is 0 Å². The summed E-state index contributed by atoms with van der Waals surface area (Å²) in [4.78, 5) is 9.28. The fourth-order valence-electron chi connectivity index (χ4n) is 4.57. The quantitative estimate of drug-likeness (QED) is 0.477. The molecule has 1 aliphatic carbocycles. The monoisotopic (exact) mass is 428 g/mol. The summed E-state index contributed by atoms with van der Waals surface area (Å²) in [5, 5.41) is 4.51. The van der Waals surface area contributed by atoms with Gasteiger partial charge in [-0.2, -0.15) is 5.10 Å². The predicted octanol–water partition coefficient (Wildman–Crippen LogP) is 4.19. The molecule has 1 fully saturated rings. The Morgan fingerprint density at radius 3 is 2.59 bits per heavy atom. The van der Waals surface area contributed by atoms with E-state index in [1.807, 2.05) is 47.0 Å². The molecule has 2 aromatic heterocycles. The molecule has 0 radical (unpaired) electrons. The van der Waals surface area contributed by atoms with Gasteiger partial charge in [-0.25, -0.2) is 14.5 Å². The normalized spacial score (nSPS) is 18.7. The zero-order chi connectivity index (χ0) is 21.9. The van der Waals surface area contributed by atoms with Crippen molar-refractivity contribution in [3.05, 3.63) is 72.3 Å². The number of hydrogen-bond donors (Lipinski definition) is 2. The van der Waals surface area contributed by atoms with Gasteiger partial charge in [0.2, 0.25) is 0 Å². The SMILES string of the molecule is NCC1CCC(c2nc(-c3cccc(OCc4ccccc4)c3)c3c(N)ncnn23)CC1. The van der Waals surface area contributed by atoms with E-state index in [4.69, 9.17) is 21.2 Å². The van der Waals surface area contributed by atoms with E-state index in [1.165, 1.54) is 6.33 Å². The molecule has 0 aliphatic heterocycles. The largest absolute Gasteiger partial charge is 0.489 e. The van der Waals surface area contributed by atoms with Gasteiger partial charge in [0.25, 0.3) is 0 Å². The molecule has 0 saturated heterocycles. The van der Waals surface area contributed by atoms with Crippen LogP contribution in [0.1, 0.15) is 43.0 Å². The molecule has 0 bridgehead atoms. The van der Waals surface area contributed by atoms with Crippen molar-refractivity contribution in [3.8, 4) is 17.0 Å². The van der Waals surface area contributed by atoms with Crippen LogP contribution in [0.5, 0.6) is 5.75 Å². The molecule has 0 atom stereocenters. The highest BCUT2D eigenvalue weighted by Crippen LogP contribution is 2.38. The summed E-state index contributed by atoms with van der Waals surface area (Å²) in [7, 11) is 0. The highest BCUT2D eigenvalue weighted by Gasteiger charge is 2.27. The maximum atomic E-state index is 6.29. The van der Waals surface area contributed by atoms with Crippen LogP contribution in [-0.4, -0.2) is 26.1 Å². The average Bonchev–Trinajstić information content (AvgIpc) is 3.25. The number of hydrogen-bond acceptors (Lipinski definition) is 6. The van der Waals surface area contributed by atoms with Gasteiger partial charge >= 0.3 is 0 Å². The molecule has 32 heavy (non-hydrogen) atoms. The summed E-state index contributed by atoms with van der Waals surface area (Å²) in [6.07, 6.45) is 5.86. The third kappa shape index (κ3) is 4.03. The lowest BCUT2D eigenvalue weighted by molar-refractivity contribution is 0.306. The van der Waals surface area contributed by atoms with Crippen molar-refractivity contribution in [1.29, 1.82) is 0 Å². The highest BCUT2D eigenvalue weighted by molar-refractivity contribution is 5.85. The molecule has 5 rings (SSSR count). The van der Waals surface area contributed by atoms with Crippen LogP contribution >= 0.6 is 0 Å². The third-order valence-corrected chi connectivity index (χ3v) is 6.39. The number of fused-ring (bicyclic) bond motifs is 1. The van der Waals surface area contributed by atoms with Crippen LogP contribution in [0.4, 0.5) is 5.82 Å². The molecule has 0 spiro atoms. The molecule has 1 saturated carbocycles. The summed E-state index contributed by atoms with van der Waals surface area (Å²) in [6.45, 7) is 1.26. The average molecular weight is 429 g/mol. The van der Waals surface area contributed by atoms with Gasteiger partial charge in [-0.05, 0) is 55.8 Å².